The summed E-state index contributed by atoms with van der Waals surface area (Å²) in [5, 5.41) is 2.88. The van der Waals surface area contributed by atoms with Crippen molar-refractivity contribution in [3.8, 4) is 0 Å². The monoisotopic (exact) mass is 283 g/mol. The lowest BCUT2D eigenvalue weighted by Crippen LogP contribution is -2.11. The summed E-state index contributed by atoms with van der Waals surface area (Å²) in [6.07, 6.45) is -1.47. The Hall–Kier alpha value is -2.35. The molecule has 0 atom stereocenters. The Labute approximate surface area is 113 Å². The molecule has 20 heavy (non-hydrogen) atoms. The average molecular weight is 283 g/mol. The van der Waals surface area contributed by atoms with Crippen LogP contribution in [0.2, 0.25) is 0 Å². The van der Waals surface area contributed by atoms with E-state index in [1.807, 2.05) is 0 Å². The number of nitrogen functional groups attached to an aromatic ring is 1. The Balaban J connectivity index is 2.07. The van der Waals surface area contributed by atoms with Crippen LogP contribution in [0.5, 0.6) is 0 Å². The minimum absolute atomic E-state index is 0.201. The molecule has 106 valence electrons. The molecule has 0 saturated carbocycles. The van der Waals surface area contributed by atoms with Crippen molar-refractivity contribution >= 4 is 11.6 Å². The molecule has 0 aliphatic heterocycles. The maximum atomic E-state index is 12.6. The summed E-state index contributed by atoms with van der Waals surface area (Å²) >= 11 is 0. The van der Waals surface area contributed by atoms with Crippen LogP contribution in [0.4, 0.5) is 24.8 Å². The fraction of sp³-hybridized carbons (Fsp3) is 0.167. The summed E-state index contributed by atoms with van der Waals surface area (Å²) in [5.41, 5.74) is 2.15. The van der Waals surface area contributed by atoms with E-state index in [9.17, 15) is 13.2 Å². The number of nitrogens with one attached hydrogen (secondary N) is 2. The number of hydrogen-bond donors (Lipinski definition) is 3. The summed E-state index contributed by atoms with van der Waals surface area (Å²) in [5.74, 6) is 5.96. The largest absolute Gasteiger partial charge is 0.416 e. The number of benzene rings is 1. The number of anilines is 2. The SMILES string of the molecule is NNc1cncc(NCc2cccc(C(F)(F)F)c2)n1. The van der Waals surface area contributed by atoms with Crippen molar-refractivity contribution in [2.45, 2.75) is 12.7 Å². The zero-order chi connectivity index (χ0) is 14.6. The molecule has 2 aromatic rings. The van der Waals surface area contributed by atoms with E-state index in [1.54, 1.807) is 6.07 Å². The molecule has 5 nitrogen and oxygen atoms in total. The first-order valence-corrected chi connectivity index (χ1v) is 5.68. The Morgan fingerprint density at radius 3 is 2.60 bits per heavy atom. The van der Waals surface area contributed by atoms with Gasteiger partial charge in [-0.2, -0.15) is 13.2 Å². The Morgan fingerprint density at radius 1 is 1.15 bits per heavy atom. The number of halogens is 3. The summed E-state index contributed by atoms with van der Waals surface area (Å²) in [6.45, 7) is 0.201. The van der Waals surface area contributed by atoms with Crippen molar-refractivity contribution in [2.24, 2.45) is 5.84 Å². The van der Waals surface area contributed by atoms with Gasteiger partial charge in [0.2, 0.25) is 0 Å². The first-order valence-electron chi connectivity index (χ1n) is 5.68. The first kappa shape index (κ1) is 14.1. The number of hydrazine groups is 1. The highest BCUT2D eigenvalue weighted by atomic mass is 19.4. The van der Waals surface area contributed by atoms with E-state index in [2.05, 4.69) is 20.7 Å². The van der Waals surface area contributed by atoms with Gasteiger partial charge in [0, 0.05) is 6.54 Å². The van der Waals surface area contributed by atoms with Gasteiger partial charge in [-0.15, -0.1) is 0 Å². The number of nitrogens with zero attached hydrogens (tertiary/aromatic N) is 2. The van der Waals surface area contributed by atoms with Crippen LogP contribution in [0.25, 0.3) is 0 Å². The lowest BCUT2D eigenvalue weighted by molar-refractivity contribution is -0.137. The Morgan fingerprint density at radius 2 is 1.90 bits per heavy atom. The van der Waals surface area contributed by atoms with Crippen LogP contribution >= 0.6 is 0 Å². The fourth-order valence-electron chi connectivity index (χ4n) is 1.57. The molecule has 0 fully saturated rings. The quantitative estimate of drug-likeness (QED) is 0.593. The third kappa shape index (κ3) is 3.58. The van der Waals surface area contributed by atoms with Gasteiger partial charge < -0.3 is 10.7 Å². The van der Waals surface area contributed by atoms with Crippen LogP contribution in [0.15, 0.2) is 36.7 Å². The van der Waals surface area contributed by atoms with Crippen molar-refractivity contribution in [3.05, 3.63) is 47.8 Å². The number of nitrogens with two attached hydrogens (primary N) is 1. The van der Waals surface area contributed by atoms with Gasteiger partial charge in [-0.3, -0.25) is 4.98 Å². The smallest absolute Gasteiger partial charge is 0.365 e. The van der Waals surface area contributed by atoms with E-state index < -0.39 is 11.7 Å². The highest BCUT2D eigenvalue weighted by molar-refractivity contribution is 5.41. The van der Waals surface area contributed by atoms with E-state index in [-0.39, 0.29) is 6.54 Å². The van der Waals surface area contributed by atoms with Gasteiger partial charge in [-0.25, -0.2) is 10.8 Å². The normalized spacial score (nSPS) is 11.2. The molecule has 0 saturated heterocycles. The molecule has 0 aliphatic rings. The Kier molecular flexibility index (Phi) is 4.04. The number of hydrogen-bond acceptors (Lipinski definition) is 5. The third-order valence-corrected chi connectivity index (χ3v) is 2.51. The molecular weight excluding hydrogens is 271 g/mol. The molecule has 1 aromatic heterocycles. The second-order valence-electron chi connectivity index (χ2n) is 3.99. The standard InChI is InChI=1S/C12H12F3N5/c13-12(14,15)9-3-1-2-8(4-9)5-18-10-6-17-7-11(19-10)20-16/h1-4,6-7H,5,16H2,(H2,18,19,20). The summed E-state index contributed by atoms with van der Waals surface area (Å²) in [7, 11) is 0. The summed E-state index contributed by atoms with van der Waals surface area (Å²) in [4.78, 5) is 7.92. The highest BCUT2D eigenvalue weighted by Gasteiger charge is 2.30. The number of alkyl halides is 3. The number of aromatic nitrogens is 2. The van der Waals surface area contributed by atoms with Crippen LogP contribution in [-0.2, 0) is 12.7 Å². The first-order chi connectivity index (χ1) is 9.49. The van der Waals surface area contributed by atoms with Gasteiger partial charge in [0.1, 0.15) is 5.82 Å². The van der Waals surface area contributed by atoms with Gasteiger partial charge in [0.05, 0.1) is 18.0 Å². The van der Waals surface area contributed by atoms with Crippen molar-refractivity contribution in [3.63, 3.8) is 0 Å². The molecule has 0 unspecified atom stereocenters. The molecule has 0 bridgehead atoms. The predicted molar refractivity (Wildman–Crippen MR) is 68.6 cm³/mol. The zero-order valence-corrected chi connectivity index (χ0v) is 10.3. The Bertz CT molecular complexity index is 585. The van der Waals surface area contributed by atoms with Crippen LogP contribution in [0.3, 0.4) is 0 Å². The molecule has 2 rings (SSSR count). The lowest BCUT2D eigenvalue weighted by Gasteiger charge is -2.10. The van der Waals surface area contributed by atoms with E-state index in [4.69, 9.17) is 5.84 Å². The minimum Gasteiger partial charge on any atom is -0.365 e. The lowest BCUT2D eigenvalue weighted by atomic mass is 10.1. The second-order valence-corrected chi connectivity index (χ2v) is 3.99. The molecule has 0 aliphatic carbocycles. The van der Waals surface area contributed by atoms with Gasteiger partial charge >= 0.3 is 6.18 Å². The van der Waals surface area contributed by atoms with Crippen molar-refractivity contribution in [1.82, 2.24) is 9.97 Å². The predicted octanol–water partition coefficient (Wildman–Crippen LogP) is 2.39. The second kappa shape index (κ2) is 5.74. The van der Waals surface area contributed by atoms with Gasteiger partial charge in [0.25, 0.3) is 0 Å². The topological polar surface area (TPSA) is 75.9 Å². The van der Waals surface area contributed by atoms with E-state index in [1.165, 1.54) is 18.5 Å². The molecule has 1 heterocycles. The molecule has 4 N–H and O–H groups in total. The molecule has 0 radical (unpaired) electrons. The zero-order valence-electron chi connectivity index (χ0n) is 10.3. The maximum Gasteiger partial charge on any atom is 0.416 e. The van der Waals surface area contributed by atoms with Gasteiger partial charge in [0.15, 0.2) is 5.82 Å². The van der Waals surface area contributed by atoms with E-state index >= 15 is 0 Å². The summed E-state index contributed by atoms with van der Waals surface area (Å²) in [6, 6.07) is 5.08. The van der Waals surface area contributed by atoms with Crippen molar-refractivity contribution in [1.29, 1.82) is 0 Å². The molecule has 1 aromatic carbocycles. The average Bonchev–Trinajstić information content (AvgIpc) is 2.45. The van der Waals surface area contributed by atoms with Crippen LogP contribution in [-0.4, -0.2) is 9.97 Å². The third-order valence-electron chi connectivity index (χ3n) is 2.51. The van der Waals surface area contributed by atoms with Crippen molar-refractivity contribution in [2.75, 3.05) is 10.7 Å². The summed E-state index contributed by atoms with van der Waals surface area (Å²) < 4.78 is 37.7. The maximum absolute atomic E-state index is 12.6. The van der Waals surface area contributed by atoms with E-state index in [0.29, 0.717) is 17.2 Å². The minimum atomic E-state index is -4.35. The van der Waals surface area contributed by atoms with Crippen LogP contribution in [0, 0.1) is 0 Å². The van der Waals surface area contributed by atoms with Crippen molar-refractivity contribution < 1.29 is 13.2 Å². The molecular formula is C12H12F3N5. The highest BCUT2D eigenvalue weighted by Crippen LogP contribution is 2.29. The molecule has 0 spiro atoms. The van der Waals surface area contributed by atoms with Crippen LogP contribution in [0.1, 0.15) is 11.1 Å². The van der Waals surface area contributed by atoms with Crippen LogP contribution < -0.4 is 16.6 Å². The molecule has 0 amide bonds. The molecule has 8 heteroatoms. The fourth-order valence-corrected chi connectivity index (χ4v) is 1.57. The number of rotatable bonds is 4. The van der Waals surface area contributed by atoms with E-state index in [0.717, 1.165) is 12.1 Å². The van der Waals surface area contributed by atoms with Gasteiger partial charge in [-0.1, -0.05) is 12.1 Å². The van der Waals surface area contributed by atoms with Gasteiger partial charge in [-0.05, 0) is 17.7 Å².